The summed E-state index contributed by atoms with van der Waals surface area (Å²) in [5.41, 5.74) is 2.45. The van der Waals surface area contributed by atoms with Gasteiger partial charge in [-0.25, -0.2) is 0 Å². The summed E-state index contributed by atoms with van der Waals surface area (Å²) < 4.78 is 0. The van der Waals surface area contributed by atoms with Crippen LogP contribution >= 0.6 is 0 Å². The minimum atomic E-state index is 0.0868. The molecule has 1 heterocycles. The summed E-state index contributed by atoms with van der Waals surface area (Å²) in [7, 11) is 0. The van der Waals surface area contributed by atoms with Gasteiger partial charge in [-0.3, -0.25) is 14.5 Å². The minimum Gasteiger partial charge on any atom is -0.348 e. The number of benzene rings is 1. The van der Waals surface area contributed by atoms with Gasteiger partial charge in [-0.05, 0) is 31.2 Å². The molecule has 24 heavy (non-hydrogen) atoms. The highest BCUT2D eigenvalue weighted by Gasteiger charge is 2.33. The zero-order valence-corrected chi connectivity index (χ0v) is 14.6. The Kier molecular flexibility index (Phi) is 5.19. The number of amides is 2. The maximum absolute atomic E-state index is 12.5. The van der Waals surface area contributed by atoms with E-state index in [1.807, 2.05) is 4.90 Å². The fraction of sp³-hybridized carbons (Fsp3) is 0.579. The van der Waals surface area contributed by atoms with Gasteiger partial charge in [-0.15, -0.1) is 0 Å². The molecule has 1 saturated heterocycles. The van der Waals surface area contributed by atoms with Gasteiger partial charge >= 0.3 is 0 Å². The Bertz CT molecular complexity index is 587. The summed E-state index contributed by atoms with van der Waals surface area (Å²) in [6, 6.07) is 8.61. The van der Waals surface area contributed by atoms with Gasteiger partial charge in [0.25, 0.3) is 0 Å². The second-order valence-corrected chi connectivity index (χ2v) is 7.08. The van der Waals surface area contributed by atoms with Crippen molar-refractivity contribution in [3.63, 3.8) is 0 Å². The molecule has 2 amide bonds. The average Bonchev–Trinajstić information content (AvgIpc) is 3.39. The highest BCUT2D eigenvalue weighted by molar-refractivity contribution is 5.78. The topological polar surface area (TPSA) is 52.7 Å². The largest absolute Gasteiger partial charge is 0.348 e. The molecule has 1 aromatic rings. The molecule has 5 heteroatoms. The van der Waals surface area contributed by atoms with Crippen LogP contribution < -0.4 is 5.32 Å². The van der Waals surface area contributed by atoms with Crippen molar-refractivity contribution >= 4 is 11.8 Å². The van der Waals surface area contributed by atoms with E-state index in [1.165, 1.54) is 24.0 Å². The van der Waals surface area contributed by atoms with Crippen LogP contribution in [0.2, 0.25) is 0 Å². The molecule has 0 aromatic heterocycles. The Labute approximate surface area is 144 Å². The number of hydrogen-bond donors (Lipinski definition) is 1. The second kappa shape index (κ2) is 7.34. The van der Waals surface area contributed by atoms with Crippen LogP contribution in [0.15, 0.2) is 24.3 Å². The molecule has 1 aliphatic carbocycles. The third-order valence-electron chi connectivity index (χ3n) is 5.03. The molecule has 5 nitrogen and oxygen atoms in total. The molecule has 2 aliphatic rings. The van der Waals surface area contributed by atoms with Gasteiger partial charge in [-0.1, -0.05) is 29.8 Å². The third kappa shape index (κ3) is 4.35. The van der Waals surface area contributed by atoms with Gasteiger partial charge in [0.2, 0.25) is 11.8 Å². The summed E-state index contributed by atoms with van der Waals surface area (Å²) in [6.45, 7) is 7.07. The zero-order valence-electron chi connectivity index (χ0n) is 14.6. The number of nitrogens with zero attached hydrogens (tertiary/aromatic N) is 2. The number of carbonyl (C=O) groups is 2. The maximum atomic E-state index is 12.5. The lowest BCUT2D eigenvalue weighted by atomic mass is 10.0. The number of aryl methyl sites for hydroxylation is 1. The van der Waals surface area contributed by atoms with E-state index in [4.69, 9.17) is 0 Å². The normalized spacial score (nSPS) is 19.8. The molecule has 1 aliphatic heterocycles. The summed E-state index contributed by atoms with van der Waals surface area (Å²) in [6.07, 6.45) is 2.38. The van der Waals surface area contributed by atoms with Crippen LogP contribution in [0.5, 0.6) is 0 Å². The van der Waals surface area contributed by atoms with E-state index in [-0.39, 0.29) is 17.9 Å². The number of rotatable bonds is 5. The van der Waals surface area contributed by atoms with E-state index in [2.05, 4.69) is 41.4 Å². The predicted octanol–water partition coefficient (Wildman–Crippen LogP) is 1.73. The van der Waals surface area contributed by atoms with Crippen molar-refractivity contribution < 1.29 is 9.59 Å². The van der Waals surface area contributed by atoms with Crippen LogP contribution in [0.25, 0.3) is 0 Å². The van der Waals surface area contributed by atoms with E-state index < -0.39 is 0 Å². The Hall–Kier alpha value is -1.88. The van der Waals surface area contributed by atoms with Crippen molar-refractivity contribution in [2.24, 2.45) is 5.92 Å². The van der Waals surface area contributed by atoms with E-state index >= 15 is 0 Å². The quantitative estimate of drug-likeness (QED) is 0.895. The first-order valence-corrected chi connectivity index (χ1v) is 8.87. The molecule has 0 radical (unpaired) electrons. The molecule has 1 aromatic carbocycles. The molecule has 0 spiro atoms. The molecule has 1 atom stereocenters. The first kappa shape index (κ1) is 17.0. The van der Waals surface area contributed by atoms with Crippen molar-refractivity contribution in [1.29, 1.82) is 0 Å². The molecule has 2 fully saturated rings. The Morgan fingerprint density at radius 1 is 1.12 bits per heavy atom. The number of carbonyl (C=O) groups excluding carboxylic acids is 2. The van der Waals surface area contributed by atoms with Crippen LogP contribution in [-0.2, 0) is 9.59 Å². The van der Waals surface area contributed by atoms with Crippen LogP contribution in [0.3, 0.4) is 0 Å². The molecule has 1 N–H and O–H groups in total. The van der Waals surface area contributed by atoms with E-state index in [0.717, 1.165) is 13.1 Å². The monoisotopic (exact) mass is 329 g/mol. The molecular weight excluding hydrogens is 302 g/mol. The number of nitrogens with one attached hydrogen (secondary N) is 1. The van der Waals surface area contributed by atoms with Crippen LogP contribution in [0, 0.1) is 12.8 Å². The SMILES string of the molecule is CC(=O)N1CCN(CC(=O)NC(c2ccc(C)cc2)C2CC2)CC1. The third-order valence-corrected chi connectivity index (χ3v) is 5.03. The summed E-state index contributed by atoms with van der Waals surface area (Å²) in [5.74, 6) is 0.780. The van der Waals surface area contributed by atoms with Crippen molar-refractivity contribution in [2.45, 2.75) is 32.7 Å². The van der Waals surface area contributed by atoms with Gasteiger partial charge in [0.1, 0.15) is 0 Å². The number of hydrogen-bond acceptors (Lipinski definition) is 3. The van der Waals surface area contributed by atoms with Gasteiger partial charge in [0, 0.05) is 33.1 Å². The Morgan fingerprint density at radius 2 is 1.75 bits per heavy atom. The molecule has 1 unspecified atom stereocenters. The molecule has 130 valence electrons. The van der Waals surface area contributed by atoms with Gasteiger partial charge < -0.3 is 10.2 Å². The first-order chi connectivity index (χ1) is 11.5. The van der Waals surface area contributed by atoms with Crippen LogP contribution in [0.4, 0.5) is 0 Å². The van der Waals surface area contributed by atoms with E-state index in [9.17, 15) is 9.59 Å². The smallest absolute Gasteiger partial charge is 0.234 e. The van der Waals surface area contributed by atoms with Crippen molar-refractivity contribution in [3.8, 4) is 0 Å². The molecule has 1 saturated carbocycles. The van der Waals surface area contributed by atoms with Crippen molar-refractivity contribution in [2.75, 3.05) is 32.7 Å². The van der Waals surface area contributed by atoms with Crippen LogP contribution in [0.1, 0.15) is 36.9 Å². The van der Waals surface area contributed by atoms with Gasteiger partial charge in [-0.2, -0.15) is 0 Å². The molecular formula is C19H27N3O2. The highest BCUT2D eigenvalue weighted by atomic mass is 16.2. The summed E-state index contributed by atoms with van der Waals surface area (Å²) in [5, 5.41) is 3.23. The summed E-state index contributed by atoms with van der Waals surface area (Å²) in [4.78, 5) is 27.8. The maximum Gasteiger partial charge on any atom is 0.234 e. The van der Waals surface area contributed by atoms with E-state index in [1.54, 1.807) is 6.92 Å². The van der Waals surface area contributed by atoms with Gasteiger partial charge in [0.15, 0.2) is 0 Å². The van der Waals surface area contributed by atoms with Gasteiger partial charge in [0.05, 0.1) is 12.6 Å². The fourth-order valence-electron chi connectivity index (χ4n) is 3.32. The van der Waals surface area contributed by atoms with Crippen molar-refractivity contribution in [3.05, 3.63) is 35.4 Å². The minimum absolute atomic E-state index is 0.0868. The lowest BCUT2D eigenvalue weighted by Crippen LogP contribution is -2.50. The summed E-state index contributed by atoms with van der Waals surface area (Å²) >= 11 is 0. The lowest BCUT2D eigenvalue weighted by Gasteiger charge is -2.34. The Balaban J connectivity index is 1.53. The van der Waals surface area contributed by atoms with E-state index in [0.29, 0.717) is 25.6 Å². The molecule has 0 bridgehead atoms. The second-order valence-electron chi connectivity index (χ2n) is 7.08. The lowest BCUT2D eigenvalue weighted by molar-refractivity contribution is -0.131. The van der Waals surface area contributed by atoms with Crippen LogP contribution in [-0.4, -0.2) is 54.3 Å². The highest BCUT2D eigenvalue weighted by Crippen LogP contribution is 2.41. The predicted molar refractivity (Wildman–Crippen MR) is 93.5 cm³/mol. The Morgan fingerprint density at radius 3 is 2.29 bits per heavy atom. The average molecular weight is 329 g/mol. The zero-order chi connectivity index (χ0) is 17.1. The molecule has 3 rings (SSSR count). The standard InChI is InChI=1S/C19H27N3O2/c1-14-3-5-16(6-4-14)19(17-7-8-17)20-18(24)13-21-9-11-22(12-10-21)15(2)23/h3-6,17,19H,7-13H2,1-2H3,(H,20,24). The first-order valence-electron chi connectivity index (χ1n) is 8.87. The number of piperazine rings is 1. The van der Waals surface area contributed by atoms with Crippen molar-refractivity contribution in [1.82, 2.24) is 15.1 Å². The fourth-order valence-corrected chi connectivity index (χ4v) is 3.32.